The number of anilines is 1. The van der Waals surface area contributed by atoms with Gasteiger partial charge in [0.2, 0.25) is 0 Å². The van der Waals surface area contributed by atoms with Crippen molar-refractivity contribution in [1.82, 2.24) is 9.69 Å². The van der Waals surface area contributed by atoms with Crippen LogP contribution >= 0.6 is 0 Å². The average molecular weight is 239 g/mol. The Balaban J connectivity index is 2.81. The fourth-order valence-corrected chi connectivity index (χ4v) is 1.20. The summed E-state index contributed by atoms with van der Waals surface area (Å²) in [5.41, 5.74) is 0.0844. The minimum absolute atomic E-state index is 0.370. The number of halogens is 1. The van der Waals surface area contributed by atoms with Gasteiger partial charge in [0, 0.05) is 7.05 Å². The Morgan fingerprint density at radius 1 is 1.65 bits per heavy atom. The molecule has 1 heterocycles. The Morgan fingerprint density at radius 2 is 2.24 bits per heavy atom. The van der Waals surface area contributed by atoms with Crippen molar-refractivity contribution in [3.63, 3.8) is 0 Å². The first-order chi connectivity index (χ1) is 7.74. The fraction of sp³-hybridized carbons (Fsp3) is 0.556. The van der Waals surface area contributed by atoms with E-state index in [0.717, 1.165) is 0 Å². The second kappa shape index (κ2) is 4.81. The standard InChI is InChI=1S/C9H16B2FN3O2/c1-9(2,3)17-8(16)14(4)7-5-6(10)15(11-12)13-7/h5,11H,10H2,1-4H3. The number of aromatic nitrogens is 2. The van der Waals surface area contributed by atoms with Gasteiger partial charge in [-0.05, 0) is 32.4 Å². The molecule has 8 heteroatoms. The Bertz CT molecular complexity index is 417. The Hall–Kier alpha value is -1.46. The van der Waals surface area contributed by atoms with Gasteiger partial charge < -0.3 is 9.05 Å². The van der Waals surface area contributed by atoms with E-state index >= 15 is 0 Å². The smallest absolute Gasteiger partial charge is 0.443 e. The van der Waals surface area contributed by atoms with Crippen LogP contribution in [0.5, 0.6) is 0 Å². The summed E-state index contributed by atoms with van der Waals surface area (Å²) in [6.45, 7) is 5.35. The molecule has 0 aromatic carbocycles. The first kappa shape index (κ1) is 13.6. The molecule has 0 unspecified atom stereocenters. The first-order valence-corrected chi connectivity index (χ1v) is 5.31. The molecule has 0 fully saturated rings. The van der Waals surface area contributed by atoms with Crippen LogP contribution in [0.3, 0.4) is 0 Å². The van der Waals surface area contributed by atoms with Crippen LogP contribution in [0.1, 0.15) is 20.8 Å². The van der Waals surface area contributed by atoms with E-state index < -0.39 is 19.4 Å². The van der Waals surface area contributed by atoms with Gasteiger partial charge in [-0.25, -0.2) is 4.79 Å². The zero-order chi connectivity index (χ0) is 13.2. The van der Waals surface area contributed by atoms with Crippen LogP contribution in [0.25, 0.3) is 0 Å². The molecule has 0 radical (unpaired) electrons. The van der Waals surface area contributed by atoms with Gasteiger partial charge >= 0.3 is 13.8 Å². The largest absolute Gasteiger partial charge is 0.464 e. The maximum absolute atomic E-state index is 12.5. The van der Waals surface area contributed by atoms with Gasteiger partial charge in [0.1, 0.15) is 5.60 Å². The molecule has 0 saturated carbocycles. The lowest BCUT2D eigenvalue weighted by Gasteiger charge is -2.23. The normalized spacial score (nSPS) is 11.1. The summed E-state index contributed by atoms with van der Waals surface area (Å²) in [5, 5.41) is 3.95. The molecular formula is C9H16B2FN3O2. The Labute approximate surface area is 102 Å². The quantitative estimate of drug-likeness (QED) is 0.659. The summed E-state index contributed by atoms with van der Waals surface area (Å²) in [6.07, 6.45) is -0.513. The van der Waals surface area contributed by atoms with Crippen molar-refractivity contribution >= 4 is 33.0 Å². The SMILES string of the molecule is Bc1cc(N(C)C(=O)OC(C)(C)C)nn1BF. The molecule has 0 spiro atoms. The minimum Gasteiger partial charge on any atom is -0.443 e. The highest BCUT2D eigenvalue weighted by atomic mass is 19.1. The predicted octanol–water partition coefficient (Wildman–Crippen LogP) is -0.403. The summed E-state index contributed by atoms with van der Waals surface area (Å²) in [4.78, 5) is 13.0. The molecule has 92 valence electrons. The number of carbonyl (C=O) groups excluding carboxylic acids is 1. The van der Waals surface area contributed by atoms with E-state index in [9.17, 15) is 9.11 Å². The summed E-state index contributed by atoms with van der Waals surface area (Å²) in [5.74, 6) is 0.370. The van der Waals surface area contributed by atoms with Gasteiger partial charge in [0.05, 0.1) is 0 Å². The zero-order valence-corrected chi connectivity index (χ0v) is 10.8. The van der Waals surface area contributed by atoms with Crippen molar-refractivity contribution < 1.29 is 13.8 Å². The van der Waals surface area contributed by atoms with E-state index in [2.05, 4.69) is 5.10 Å². The highest BCUT2D eigenvalue weighted by Crippen LogP contribution is 2.13. The third-order valence-corrected chi connectivity index (χ3v) is 2.09. The van der Waals surface area contributed by atoms with Crippen LogP contribution in [-0.2, 0) is 4.74 Å². The summed E-state index contributed by atoms with van der Waals surface area (Å²) < 4.78 is 18.9. The molecule has 0 saturated heterocycles. The molecule has 5 nitrogen and oxygen atoms in total. The molecule has 17 heavy (non-hydrogen) atoms. The monoisotopic (exact) mass is 239 g/mol. The second-order valence-electron chi connectivity index (χ2n) is 4.80. The van der Waals surface area contributed by atoms with Gasteiger partial charge in [-0.3, -0.25) is 9.49 Å². The fourth-order valence-electron chi connectivity index (χ4n) is 1.20. The van der Waals surface area contributed by atoms with Crippen molar-refractivity contribution in [1.29, 1.82) is 0 Å². The van der Waals surface area contributed by atoms with Crippen LogP contribution in [0, 0.1) is 0 Å². The summed E-state index contributed by atoms with van der Waals surface area (Å²) in [6, 6.07) is 1.63. The van der Waals surface area contributed by atoms with Crippen LogP contribution in [0.4, 0.5) is 14.9 Å². The molecular weight excluding hydrogens is 223 g/mol. The van der Waals surface area contributed by atoms with Gasteiger partial charge in [0.15, 0.2) is 13.7 Å². The first-order valence-electron chi connectivity index (χ1n) is 5.31. The Morgan fingerprint density at radius 3 is 2.65 bits per heavy atom. The van der Waals surface area contributed by atoms with E-state index in [1.807, 2.05) is 0 Å². The molecule has 1 amide bonds. The highest BCUT2D eigenvalue weighted by Gasteiger charge is 2.22. The number of amides is 1. The van der Waals surface area contributed by atoms with E-state index in [1.165, 1.54) is 9.49 Å². The number of hydrogen-bond acceptors (Lipinski definition) is 3. The van der Waals surface area contributed by atoms with E-state index in [4.69, 9.17) is 4.74 Å². The number of nitrogens with zero attached hydrogens (tertiary/aromatic N) is 3. The predicted molar refractivity (Wildman–Crippen MR) is 68.7 cm³/mol. The molecule has 0 atom stereocenters. The molecule has 1 aromatic heterocycles. The van der Waals surface area contributed by atoms with E-state index in [0.29, 0.717) is 11.4 Å². The van der Waals surface area contributed by atoms with Gasteiger partial charge in [-0.2, -0.15) is 5.10 Å². The van der Waals surface area contributed by atoms with Crippen molar-refractivity contribution in [2.75, 3.05) is 11.9 Å². The maximum atomic E-state index is 12.5. The van der Waals surface area contributed by atoms with Crippen molar-refractivity contribution in [3.8, 4) is 0 Å². The second-order valence-corrected chi connectivity index (χ2v) is 4.80. The number of hydrogen-bond donors (Lipinski definition) is 0. The molecule has 0 aliphatic carbocycles. The Kier molecular flexibility index (Phi) is 3.85. The molecule has 0 N–H and O–H groups in total. The maximum Gasteiger partial charge on any atom is 0.464 e. The van der Waals surface area contributed by atoms with Crippen LogP contribution in [-0.4, -0.2) is 44.0 Å². The lowest BCUT2D eigenvalue weighted by molar-refractivity contribution is 0.0588. The topological polar surface area (TPSA) is 47.4 Å². The van der Waals surface area contributed by atoms with Crippen LogP contribution in [0.15, 0.2) is 6.07 Å². The number of ether oxygens (including phenoxy) is 1. The molecule has 1 rings (SSSR count). The number of rotatable bonds is 2. The lowest BCUT2D eigenvalue weighted by atomic mass is 10.0. The third kappa shape index (κ3) is 3.51. The van der Waals surface area contributed by atoms with Crippen molar-refractivity contribution in [2.24, 2.45) is 0 Å². The van der Waals surface area contributed by atoms with Crippen molar-refractivity contribution in [2.45, 2.75) is 26.4 Å². The minimum atomic E-state index is -0.714. The van der Waals surface area contributed by atoms with E-state index in [-0.39, 0.29) is 0 Å². The molecule has 1 aromatic rings. The van der Waals surface area contributed by atoms with Crippen molar-refractivity contribution in [3.05, 3.63) is 6.07 Å². The highest BCUT2D eigenvalue weighted by molar-refractivity contribution is 6.37. The summed E-state index contributed by atoms with van der Waals surface area (Å²) >= 11 is 0. The third-order valence-electron chi connectivity index (χ3n) is 2.09. The van der Waals surface area contributed by atoms with Crippen LogP contribution in [0.2, 0.25) is 0 Å². The summed E-state index contributed by atoms with van der Waals surface area (Å²) in [7, 11) is 2.55. The van der Waals surface area contributed by atoms with E-state index in [1.54, 1.807) is 41.7 Å². The van der Waals surface area contributed by atoms with Gasteiger partial charge in [0.25, 0.3) is 0 Å². The van der Waals surface area contributed by atoms with Gasteiger partial charge in [-0.1, -0.05) is 0 Å². The lowest BCUT2D eigenvalue weighted by Crippen LogP contribution is -2.34. The average Bonchev–Trinajstić information content (AvgIpc) is 2.55. The van der Waals surface area contributed by atoms with Gasteiger partial charge in [-0.15, -0.1) is 0 Å². The molecule has 0 bridgehead atoms. The molecule has 0 aliphatic heterocycles. The zero-order valence-electron chi connectivity index (χ0n) is 10.8. The molecule has 0 aliphatic rings. The van der Waals surface area contributed by atoms with Crippen LogP contribution < -0.4 is 10.5 Å². The number of carbonyl (C=O) groups is 1.